The summed E-state index contributed by atoms with van der Waals surface area (Å²) in [5.74, 6) is 0.290. The predicted molar refractivity (Wildman–Crippen MR) is 46.8 cm³/mol. The third-order valence-electron chi connectivity index (χ3n) is 2.97. The topological polar surface area (TPSA) is 32.3 Å². The Labute approximate surface area is 73.1 Å². The van der Waals surface area contributed by atoms with Crippen molar-refractivity contribution in [1.82, 2.24) is 10.2 Å². The van der Waals surface area contributed by atoms with Gasteiger partial charge in [-0.2, -0.15) is 0 Å². The van der Waals surface area contributed by atoms with Gasteiger partial charge in [-0.25, -0.2) is 0 Å². The fraction of sp³-hybridized carbons (Fsp3) is 0.889. The molecule has 0 aromatic rings. The molecule has 1 amide bonds. The van der Waals surface area contributed by atoms with E-state index in [0.29, 0.717) is 24.5 Å². The summed E-state index contributed by atoms with van der Waals surface area (Å²) in [7, 11) is 0. The number of piperidine rings is 1. The van der Waals surface area contributed by atoms with Gasteiger partial charge in [0.1, 0.15) is 0 Å². The van der Waals surface area contributed by atoms with Crippen LogP contribution >= 0.6 is 0 Å². The highest BCUT2D eigenvalue weighted by atomic mass is 16.2. The van der Waals surface area contributed by atoms with Crippen molar-refractivity contribution in [1.29, 1.82) is 0 Å². The van der Waals surface area contributed by atoms with Crippen LogP contribution in [0.15, 0.2) is 0 Å². The van der Waals surface area contributed by atoms with Crippen LogP contribution in [0.5, 0.6) is 0 Å². The minimum atomic E-state index is 0.290. The van der Waals surface area contributed by atoms with Crippen LogP contribution in [-0.4, -0.2) is 36.0 Å². The van der Waals surface area contributed by atoms with Crippen LogP contribution in [0.1, 0.15) is 26.2 Å². The summed E-state index contributed by atoms with van der Waals surface area (Å²) in [6.45, 7) is 3.70. The highest BCUT2D eigenvalue weighted by molar-refractivity contribution is 5.79. The van der Waals surface area contributed by atoms with E-state index >= 15 is 0 Å². The standard InChI is InChI=1S/C9H16N2O/c1-7-3-2-4-8-5-10-6-9(12)11(7)8/h7-8,10H,2-6H2,1H3/t7-,8-/m1/s1. The van der Waals surface area contributed by atoms with Crippen molar-refractivity contribution < 1.29 is 4.79 Å². The minimum absolute atomic E-state index is 0.290. The van der Waals surface area contributed by atoms with E-state index in [-0.39, 0.29) is 0 Å². The summed E-state index contributed by atoms with van der Waals surface area (Å²) < 4.78 is 0. The van der Waals surface area contributed by atoms with Crippen LogP contribution in [0.2, 0.25) is 0 Å². The maximum Gasteiger partial charge on any atom is 0.237 e. The molecule has 0 unspecified atom stereocenters. The van der Waals surface area contributed by atoms with Gasteiger partial charge in [-0.1, -0.05) is 0 Å². The van der Waals surface area contributed by atoms with Gasteiger partial charge in [0, 0.05) is 18.6 Å². The highest BCUT2D eigenvalue weighted by Crippen LogP contribution is 2.23. The fourth-order valence-electron chi connectivity index (χ4n) is 2.37. The molecule has 0 aliphatic carbocycles. The van der Waals surface area contributed by atoms with Gasteiger partial charge in [-0.05, 0) is 26.2 Å². The molecule has 0 saturated carbocycles. The first-order chi connectivity index (χ1) is 5.79. The molecule has 2 atom stereocenters. The van der Waals surface area contributed by atoms with Crippen molar-refractivity contribution in [2.24, 2.45) is 0 Å². The Hall–Kier alpha value is -0.570. The Morgan fingerprint density at radius 1 is 1.50 bits per heavy atom. The quantitative estimate of drug-likeness (QED) is 0.566. The second-order valence-corrected chi connectivity index (χ2v) is 3.87. The average molecular weight is 168 g/mol. The molecule has 2 saturated heterocycles. The molecular formula is C9H16N2O. The third-order valence-corrected chi connectivity index (χ3v) is 2.97. The lowest BCUT2D eigenvalue weighted by molar-refractivity contribution is -0.139. The number of nitrogens with zero attached hydrogens (tertiary/aromatic N) is 1. The molecule has 2 heterocycles. The number of hydrogen-bond donors (Lipinski definition) is 1. The zero-order valence-electron chi connectivity index (χ0n) is 7.55. The van der Waals surface area contributed by atoms with Crippen molar-refractivity contribution in [3.05, 3.63) is 0 Å². The highest BCUT2D eigenvalue weighted by Gasteiger charge is 2.33. The summed E-state index contributed by atoms with van der Waals surface area (Å²) in [6.07, 6.45) is 3.64. The van der Waals surface area contributed by atoms with Gasteiger partial charge in [0.2, 0.25) is 5.91 Å². The smallest absolute Gasteiger partial charge is 0.237 e. The molecule has 68 valence electrons. The van der Waals surface area contributed by atoms with Crippen LogP contribution in [0, 0.1) is 0 Å². The van der Waals surface area contributed by atoms with Crippen LogP contribution in [0.3, 0.4) is 0 Å². The molecule has 12 heavy (non-hydrogen) atoms. The molecule has 0 bridgehead atoms. The van der Waals surface area contributed by atoms with E-state index in [4.69, 9.17) is 0 Å². The van der Waals surface area contributed by atoms with Gasteiger partial charge in [0.15, 0.2) is 0 Å². The van der Waals surface area contributed by atoms with Crippen molar-refractivity contribution in [2.45, 2.75) is 38.3 Å². The van der Waals surface area contributed by atoms with Gasteiger partial charge < -0.3 is 10.2 Å². The van der Waals surface area contributed by atoms with E-state index in [0.717, 1.165) is 6.54 Å². The summed E-state index contributed by atoms with van der Waals surface area (Å²) in [4.78, 5) is 13.6. The van der Waals surface area contributed by atoms with E-state index < -0.39 is 0 Å². The number of amides is 1. The summed E-state index contributed by atoms with van der Waals surface area (Å²) >= 11 is 0. The second-order valence-electron chi connectivity index (χ2n) is 3.87. The van der Waals surface area contributed by atoms with E-state index in [1.807, 2.05) is 0 Å². The van der Waals surface area contributed by atoms with Crippen LogP contribution in [0.25, 0.3) is 0 Å². The van der Waals surface area contributed by atoms with Gasteiger partial charge in [0.25, 0.3) is 0 Å². The van der Waals surface area contributed by atoms with Crippen molar-refractivity contribution in [3.8, 4) is 0 Å². The van der Waals surface area contributed by atoms with Gasteiger partial charge in [-0.3, -0.25) is 4.79 Å². The summed E-state index contributed by atoms with van der Waals surface area (Å²) in [6, 6.07) is 0.952. The Bertz CT molecular complexity index is 191. The summed E-state index contributed by atoms with van der Waals surface area (Å²) in [5, 5.41) is 3.16. The number of hydrogen-bond acceptors (Lipinski definition) is 2. The molecule has 3 nitrogen and oxygen atoms in total. The van der Waals surface area contributed by atoms with Crippen LogP contribution in [-0.2, 0) is 4.79 Å². The second kappa shape index (κ2) is 3.05. The maximum absolute atomic E-state index is 11.5. The fourth-order valence-corrected chi connectivity index (χ4v) is 2.37. The molecule has 2 rings (SSSR count). The monoisotopic (exact) mass is 168 g/mol. The van der Waals surface area contributed by atoms with E-state index in [9.17, 15) is 4.79 Å². The Balaban J connectivity index is 2.12. The van der Waals surface area contributed by atoms with E-state index in [1.54, 1.807) is 0 Å². The first-order valence-electron chi connectivity index (χ1n) is 4.81. The normalized spacial score (nSPS) is 36.4. The number of nitrogens with one attached hydrogen (secondary N) is 1. The Morgan fingerprint density at radius 2 is 2.33 bits per heavy atom. The predicted octanol–water partition coefficient (Wildman–Crippen LogP) is 0.359. The molecule has 0 aromatic heterocycles. The first-order valence-corrected chi connectivity index (χ1v) is 4.81. The summed E-state index contributed by atoms with van der Waals surface area (Å²) in [5.41, 5.74) is 0. The van der Waals surface area contributed by atoms with Crippen molar-refractivity contribution >= 4 is 5.91 Å². The number of piperazine rings is 1. The maximum atomic E-state index is 11.5. The number of fused-ring (bicyclic) bond motifs is 1. The van der Waals surface area contributed by atoms with Gasteiger partial charge >= 0.3 is 0 Å². The Kier molecular flexibility index (Phi) is 2.05. The van der Waals surface area contributed by atoms with Gasteiger partial charge in [0.05, 0.1) is 6.54 Å². The minimum Gasteiger partial charge on any atom is -0.335 e. The number of rotatable bonds is 0. The molecule has 2 aliphatic rings. The number of carbonyl (C=O) groups excluding carboxylic acids is 1. The van der Waals surface area contributed by atoms with Crippen LogP contribution < -0.4 is 5.32 Å². The molecule has 2 fully saturated rings. The Morgan fingerprint density at radius 3 is 3.08 bits per heavy atom. The zero-order valence-corrected chi connectivity index (χ0v) is 7.55. The third kappa shape index (κ3) is 1.22. The molecule has 2 aliphatic heterocycles. The molecule has 1 N–H and O–H groups in total. The molecule has 0 aromatic carbocycles. The average Bonchev–Trinajstić information content (AvgIpc) is 2.04. The SMILES string of the molecule is C[C@@H]1CCC[C@@H]2CNCC(=O)N21. The van der Waals surface area contributed by atoms with Crippen LogP contribution in [0.4, 0.5) is 0 Å². The molecule has 0 spiro atoms. The zero-order chi connectivity index (χ0) is 8.55. The molecule has 3 heteroatoms. The molecular weight excluding hydrogens is 152 g/mol. The van der Waals surface area contributed by atoms with Gasteiger partial charge in [-0.15, -0.1) is 0 Å². The van der Waals surface area contributed by atoms with Crippen molar-refractivity contribution in [3.63, 3.8) is 0 Å². The molecule has 0 radical (unpaired) electrons. The first kappa shape index (κ1) is 8.05. The lowest BCUT2D eigenvalue weighted by Gasteiger charge is -2.43. The van der Waals surface area contributed by atoms with E-state index in [2.05, 4.69) is 17.1 Å². The van der Waals surface area contributed by atoms with Crippen molar-refractivity contribution in [2.75, 3.05) is 13.1 Å². The van der Waals surface area contributed by atoms with E-state index in [1.165, 1.54) is 19.3 Å². The number of carbonyl (C=O) groups is 1. The lowest BCUT2D eigenvalue weighted by Crippen LogP contribution is -2.59. The lowest BCUT2D eigenvalue weighted by atomic mass is 9.95. The largest absolute Gasteiger partial charge is 0.335 e.